The number of aliphatic hydroxyl groups is 2. The summed E-state index contributed by atoms with van der Waals surface area (Å²) in [5.41, 5.74) is 6.43. The van der Waals surface area contributed by atoms with Crippen molar-refractivity contribution in [1.82, 2.24) is 10.6 Å². The molecule has 35 heavy (non-hydrogen) atoms. The van der Waals surface area contributed by atoms with Crippen molar-refractivity contribution in [1.29, 1.82) is 0 Å². The van der Waals surface area contributed by atoms with Crippen LogP contribution in [0.1, 0.15) is 50.7 Å². The zero-order valence-corrected chi connectivity index (χ0v) is 20.9. The Hall–Kier alpha value is -2.10. The number of aliphatic hydroxyl groups excluding tert-OH is 2. The number of carbonyl (C=O) groups excluding carboxylic acids is 1. The smallest absolute Gasteiger partial charge is 0.237 e. The van der Waals surface area contributed by atoms with Crippen LogP contribution in [0.3, 0.4) is 0 Å². The van der Waals surface area contributed by atoms with Crippen LogP contribution in [-0.4, -0.2) is 47.5 Å². The Morgan fingerprint density at radius 3 is 2.49 bits per heavy atom. The van der Waals surface area contributed by atoms with E-state index in [0.717, 1.165) is 0 Å². The van der Waals surface area contributed by atoms with Gasteiger partial charge >= 0.3 is 0 Å². The standard InChI is InChI=1S/C26H34ClF2N3O3/c1-25(2,3)13-20-26(30,15-7-9-16(28)10-8-15)21(18-5-4-6-19(27)22(18)29)23(32-20)24(35)31-12-11-17(34)14-33/h4-10,17,20-21,23,32-34H,11-14,30H2,1-3H3,(H,31,35). The summed E-state index contributed by atoms with van der Waals surface area (Å²) in [6, 6.07) is 8.94. The summed E-state index contributed by atoms with van der Waals surface area (Å²) in [6.45, 7) is 5.81. The van der Waals surface area contributed by atoms with E-state index in [9.17, 15) is 14.3 Å². The van der Waals surface area contributed by atoms with Gasteiger partial charge in [-0.05, 0) is 47.6 Å². The highest BCUT2D eigenvalue weighted by Gasteiger charge is 2.57. The SMILES string of the molecule is CC(C)(C)CC1NC(C(=O)NCCC(O)CO)C(c2cccc(Cl)c2F)C1(N)c1ccc(F)cc1. The van der Waals surface area contributed by atoms with Gasteiger partial charge in [-0.25, -0.2) is 8.78 Å². The molecule has 1 aliphatic rings. The first kappa shape index (κ1) is 27.5. The molecule has 1 heterocycles. The Morgan fingerprint density at radius 1 is 1.23 bits per heavy atom. The highest BCUT2D eigenvalue weighted by atomic mass is 35.5. The largest absolute Gasteiger partial charge is 0.394 e. The third-order valence-corrected chi connectivity index (χ3v) is 6.84. The number of benzene rings is 2. The topological polar surface area (TPSA) is 108 Å². The lowest BCUT2D eigenvalue weighted by Gasteiger charge is -2.39. The van der Waals surface area contributed by atoms with Crippen LogP contribution in [0.15, 0.2) is 42.5 Å². The molecule has 1 saturated heterocycles. The molecule has 0 aliphatic carbocycles. The lowest BCUT2D eigenvalue weighted by molar-refractivity contribution is -0.123. The van der Waals surface area contributed by atoms with E-state index in [1.807, 2.05) is 20.8 Å². The second kappa shape index (κ2) is 10.9. The zero-order chi connectivity index (χ0) is 26.0. The van der Waals surface area contributed by atoms with E-state index >= 15 is 4.39 Å². The van der Waals surface area contributed by atoms with Crippen molar-refractivity contribution < 1.29 is 23.8 Å². The highest BCUT2D eigenvalue weighted by molar-refractivity contribution is 6.30. The van der Waals surface area contributed by atoms with Crippen LogP contribution in [0.5, 0.6) is 0 Å². The Balaban J connectivity index is 2.12. The van der Waals surface area contributed by atoms with Gasteiger partial charge in [0.1, 0.15) is 11.6 Å². The third kappa shape index (κ3) is 6.01. The van der Waals surface area contributed by atoms with Gasteiger partial charge in [-0.2, -0.15) is 0 Å². The van der Waals surface area contributed by atoms with Gasteiger partial charge in [-0.1, -0.05) is 56.6 Å². The molecule has 0 bridgehead atoms. The van der Waals surface area contributed by atoms with Gasteiger partial charge in [0.25, 0.3) is 0 Å². The number of amides is 1. The molecule has 5 atom stereocenters. The molecule has 9 heteroatoms. The molecule has 1 aliphatic heterocycles. The number of carbonyl (C=O) groups is 1. The molecule has 192 valence electrons. The second-order valence-electron chi connectivity index (χ2n) is 10.4. The Labute approximate surface area is 209 Å². The summed E-state index contributed by atoms with van der Waals surface area (Å²) >= 11 is 6.12. The van der Waals surface area contributed by atoms with Gasteiger partial charge in [0.2, 0.25) is 5.91 Å². The highest BCUT2D eigenvalue weighted by Crippen LogP contribution is 2.49. The van der Waals surface area contributed by atoms with E-state index in [1.54, 1.807) is 24.3 Å². The fourth-order valence-corrected chi connectivity index (χ4v) is 5.07. The first-order valence-electron chi connectivity index (χ1n) is 11.7. The van der Waals surface area contributed by atoms with Gasteiger partial charge in [0.15, 0.2) is 0 Å². The molecule has 0 radical (unpaired) electrons. The number of hydrogen-bond donors (Lipinski definition) is 5. The number of nitrogens with one attached hydrogen (secondary N) is 2. The van der Waals surface area contributed by atoms with Crippen LogP contribution >= 0.6 is 11.6 Å². The number of halogens is 3. The van der Waals surface area contributed by atoms with Crippen LogP contribution in [0.25, 0.3) is 0 Å². The Bertz CT molecular complexity index is 1030. The van der Waals surface area contributed by atoms with Crippen molar-refractivity contribution in [3.8, 4) is 0 Å². The molecule has 1 amide bonds. The second-order valence-corrected chi connectivity index (χ2v) is 10.8. The Morgan fingerprint density at radius 2 is 1.89 bits per heavy atom. The van der Waals surface area contributed by atoms with Gasteiger partial charge < -0.3 is 26.6 Å². The summed E-state index contributed by atoms with van der Waals surface area (Å²) in [5, 5.41) is 24.7. The molecule has 0 saturated carbocycles. The average Bonchev–Trinajstić information content (AvgIpc) is 3.07. The lowest BCUT2D eigenvalue weighted by Crippen LogP contribution is -2.52. The lowest BCUT2D eigenvalue weighted by atomic mass is 9.68. The number of rotatable bonds is 8. The first-order chi connectivity index (χ1) is 16.4. The van der Waals surface area contributed by atoms with E-state index in [4.69, 9.17) is 22.4 Å². The monoisotopic (exact) mass is 509 g/mol. The average molecular weight is 510 g/mol. The van der Waals surface area contributed by atoms with Crippen molar-refractivity contribution in [2.75, 3.05) is 13.2 Å². The Kier molecular flexibility index (Phi) is 8.55. The summed E-state index contributed by atoms with van der Waals surface area (Å²) in [4.78, 5) is 13.4. The minimum atomic E-state index is -1.28. The minimum Gasteiger partial charge on any atom is -0.394 e. The molecule has 2 aromatic carbocycles. The molecule has 1 fully saturated rings. The molecule has 6 N–H and O–H groups in total. The van der Waals surface area contributed by atoms with Crippen LogP contribution < -0.4 is 16.4 Å². The molecule has 5 unspecified atom stereocenters. The maximum atomic E-state index is 15.4. The molecule has 3 rings (SSSR count). The van der Waals surface area contributed by atoms with E-state index in [2.05, 4.69) is 10.6 Å². The summed E-state index contributed by atoms with van der Waals surface area (Å²) in [7, 11) is 0. The summed E-state index contributed by atoms with van der Waals surface area (Å²) in [5.74, 6) is -2.39. The fraction of sp³-hybridized carbons (Fsp3) is 0.500. The molecule has 6 nitrogen and oxygen atoms in total. The van der Waals surface area contributed by atoms with Crippen molar-refractivity contribution in [2.24, 2.45) is 11.1 Å². The summed E-state index contributed by atoms with van der Waals surface area (Å²) < 4.78 is 29.2. The quantitative estimate of drug-likeness (QED) is 0.375. The maximum Gasteiger partial charge on any atom is 0.237 e. The van der Waals surface area contributed by atoms with Crippen molar-refractivity contribution in [3.05, 3.63) is 70.2 Å². The minimum absolute atomic E-state index is 0.0894. The van der Waals surface area contributed by atoms with Crippen LogP contribution in [-0.2, 0) is 10.3 Å². The van der Waals surface area contributed by atoms with Crippen molar-refractivity contribution >= 4 is 17.5 Å². The van der Waals surface area contributed by atoms with Crippen LogP contribution in [0.4, 0.5) is 8.78 Å². The van der Waals surface area contributed by atoms with Gasteiger partial charge in [0, 0.05) is 18.5 Å². The molecular formula is C26H34ClF2N3O3. The van der Waals surface area contributed by atoms with Gasteiger partial charge in [0.05, 0.1) is 29.3 Å². The van der Waals surface area contributed by atoms with Crippen molar-refractivity contribution in [3.63, 3.8) is 0 Å². The zero-order valence-electron chi connectivity index (χ0n) is 20.2. The van der Waals surface area contributed by atoms with Gasteiger partial charge in [-0.3, -0.25) is 4.79 Å². The number of hydrogen-bond acceptors (Lipinski definition) is 5. The molecular weight excluding hydrogens is 476 g/mol. The third-order valence-electron chi connectivity index (χ3n) is 6.55. The van der Waals surface area contributed by atoms with E-state index in [-0.39, 0.29) is 29.0 Å². The summed E-state index contributed by atoms with van der Waals surface area (Å²) in [6.07, 6.45) is -0.260. The van der Waals surface area contributed by atoms with E-state index < -0.39 is 53.8 Å². The van der Waals surface area contributed by atoms with Crippen LogP contribution in [0.2, 0.25) is 5.02 Å². The predicted octanol–water partition coefficient (Wildman–Crippen LogP) is 3.19. The molecule has 2 aromatic rings. The molecule has 0 aromatic heterocycles. The molecule has 0 spiro atoms. The first-order valence-corrected chi connectivity index (χ1v) is 12.1. The predicted molar refractivity (Wildman–Crippen MR) is 132 cm³/mol. The maximum absolute atomic E-state index is 15.4. The van der Waals surface area contributed by atoms with E-state index in [1.165, 1.54) is 18.2 Å². The van der Waals surface area contributed by atoms with E-state index in [0.29, 0.717) is 12.0 Å². The van der Waals surface area contributed by atoms with Crippen LogP contribution in [0, 0.1) is 17.0 Å². The normalized spacial score (nSPS) is 25.5. The van der Waals surface area contributed by atoms with Gasteiger partial charge in [-0.15, -0.1) is 0 Å². The fourth-order valence-electron chi connectivity index (χ4n) is 4.89. The van der Waals surface area contributed by atoms with Crippen molar-refractivity contribution in [2.45, 2.75) is 63.3 Å². The number of nitrogens with two attached hydrogens (primary N) is 1.